The van der Waals surface area contributed by atoms with E-state index < -0.39 is 0 Å². The number of nitrogens with two attached hydrogens (primary N) is 1. The summed E-state index contributed by atoms with van der Waals surface area (Å²) in [7, 11) is 0. The normalized spacial score (nSPS) is 12.4. The predicted molar refractivity (Wildman–Crippen MR) is 78.8 cm³/mol. The standard InChI is InChI=1S/C14H15IN2/c1-10-3-2-8-17-14(10)9-13(16)11-4-6-12(15)7-5-11/h2-8,13H,9,16H2,1H3. The zero-order valence-electron chi connectivity index (χ0n) is 9.73. The Morgan fingerprint density at radius 1 is 1.24 bits per heavy atom. The Bertz CT molecular complexity index is 494. The second-order valence-corrected chi connectivity index (χ2v) is 5.37. The van der Waals surface area contributed by atoms with Gasteiger partial charge >= 0.3 is 0 Å². The SMILES string of the molecule is Cc1cccnc1CC(N)c1ccc(I)cc1. The van der Waals surface area contributed by atoms with E-state index in [1.54, 1.807) is 0 Å². The lowest BCUT2D eigenvalue weighted by Crippen LogP contribution is -2.14. The number of hydrogen-bond donors (Lipinski definition) is 1. The van der Waals surface area contributed by atoms with E-state index in [0.717, 1.165) is 17.7 Å². The number of aryl methyl sites for hydroxylation is 1. The molecule has 1 aromatic heterocycles. The highest BCUT2D eigenvalue weighted by molar-refractivity contribution is 14.1. The average Bonchev–Trinajstić information content (AvgIpc) is 2.33. The maximum Gasteiger partial charge on any atom is 0.0451 e. The molecule has 1 aromatic carbocycles. The van der Waals surface area contributed by atoms with Crippen LogP contribution in [0.3, 0.4) is 0 Å². The van der Waals surface area contributed by atoms with Crippen LogP contribution in [0, 0.1) is 10.5 Å². The molecule has 2 nitrogen and oxygen atoms in total. The lowest BCUT2D eigenvalue weighted by atomic mass is 10.0. The third-order valence-electron chi connectivity index (χ3n) is 2.83. The topological polar surface area (TPSA) is 38.9 Å². The quantitative estimate of drug-likeness (QED) is 0.873. The van der Waals surface area contributed by atoms with E-state index in [1.165, 1.54) is 9.13 Å². The van der Waals surface area contributed by atoms with Crippen LogP contribution in [0.4, 0.5) is 0 Å². The zero-order valence-corrected chi connectivity index (χ0v) is 11.9. The Kier molecular flexibility index (Phi) is 4.12. The van der Waals surface area contributed by atoms with Crippen LogP contribution in [0.5, 0.6) is 0 Å². The summed E-state index contributed by atoms with van der Waals surface area (Å²) in [6, 6.07) is 12.4. The van der Waals surface area contributed by atoms with Crippen molar-refractivity contribution in [3.8, 4) is 0 Å². The summed E-state index contributed by atoms with van der Waals surface area (Å²) in [5.41, 5.74) is 9.65. The molecule has 3 heteroatoms. The van der Waals surface area contributed by atoms with Crippen LogP contribution in [-0.2, 0) is 6.42 Å². The highest BCUT2D eigenvalue weighted by Gasteiger charge is 2.09. The van der Waals surface area contributed by atoms with Gasteiger partial charge in [-0.15, -0.1) is 0 Å². The number of hydrogen-bond acceptors (Lipinski definition) is 2. The molecule has 0 saturated carbocycles. The van der Waals surface area contributed by atoms with Gasteiger partial charge in [-0.05, 0) is 58.8 Å². The van der Waals surface area contributed by atoms with Crippen molar-refractivity contribution in [3.63, 3.8) is 0 Å². The number of nitrogens with zero attached hydrogens (tertiary/aromatic N) is 1. The van der Waals surface area contributed by atoms with Gasteiger partial charge in [-0.25, -0.2) is 0 Å². The second-order valence-electron chi connectivity index (χ2n) is 4.13. The fraction of sp³-hybridized carbons (Fsp3) is 0.214. The summed E-state index contributed by atoms with van der Waals surface area (Å²) in [6.45, 7) is 2.07. The van der Waals surface area contributed by atoms with Gasteiger partial charge in [0.25, 0.3) is 0 Å². The summed E-state index contributed by atoms with van der Waals surface area (Å²) in [5, 5.41) is 0. The number of pyridine rings is 1. The molecule has 0 radical (unpaired) electrons. The van der Waals surface area contributed by atoms with Gasteiger partial charge in [-0.3, -0.25) is 4.98 Å². The largest absolute Gasteiger partial charge is 0.324 e. The Balaban J connectivity index is 2.14. The molecular weight excluding hydrogens is 323 g/mol. The Morgan fingerprint density at radius 2 is 1.94 bits per heavy atom. The van der Waals surface area contributed by atoms with Gasteiger partial charge in [0.1, 0.15) is 0 Å². The van der Waals surface area contributed by atoms with Crippen LogP contribution in [0.15, 0.2) is 42.6 Å². The molecule has 1 atom stereocenters. The lowest BCUT2D eigenvalue weighted by molar-refractivity contribution is 0.702. The minimum Gasteiger partial charge on any atom is -0.324 e. The summed E-state index contributed by atoms with van der Waals surface area (Å²) in [5.74, 6) is 0. The molecule has 0 bridgehead atoms. The van der Waals surface area contributed by atoms with E-state index in [9.17, 15) is 0 Å². The monoisotopic (exact) mass is 338 g/mol. The molecule has 2 N–H and O–H groups in total. The molecule has 1 unspecified atom stereocenters. The Hall–Kier alpha value is -0.940. The van der Waals surface area contributed by atoms with Crippen molar-refractivity contribution in [3.05, 3.63) is 63.0 Å². The number of benzene rings is 1. The van der Waals surface area contributed by atoms with Gasteiger partial charge in [0.2, 0.25) is 0 Å². The Morgan fingerprint density at radius 3 is 2.59 bits per heavy atom. The molecule has 0 fully saturated rings. The molecule has 0 aliphatic heterocycles. The number of aromatic nitrogens is 1. The van der Waals surface area contributed by atoms with Crippen LogP contribution >= 0.6 is 22.6 Å². The van der Waals surface area contributed by atoms with Crippen molar-refractivity contribution in [2.24, 2.45) is 5.73 Å². The van der Waals surface area contributed by atoms with Gasteiger partial charge in [0.15, 0.2) is 0 Å². The molecule has 2 rings (SSSR count). The van der Waals surface area contributed by atoms with Crippen LogP contribution in [0.1, 0.15) is 22.9 Å². The van der Waals surface area contributed by atoms with E-state index >= 15 is 0 Å². The molecule has 17 heavy (non-hydrogen) atoms. The summed E-state index contributed by atoms with van der Waals surface area (Å²) in [6.07, 6.45) is 2.61. The molecule has 0 saturated heterocycles. The average molecular weight is 338 g/mol. The first kappa shape index (κ1) is 12.5. The third-order valence-corrected chi connectivity index (χ3v) is 3.55. The predicted octanol–water partition coefficient (Wildman–Crippen LogP) is 3.24. The molecule has 1 heterocycles. The van der Waals surface area contributed by atoms with E-state index in [0.29, 0.717) is 0 Å². The fourth-order valence-electron chi connectivity index (χ4n) is 1.77. The van der Waals surface area contributed by atoms with Crippen LogP contribution in [-0.4, -0.2) is 4.98 Å². The molecule has 88 valence electrons. The maximum absolute atomic E-state index is 6.20. The van der Waals surface area contributed by atoms with Crippen LogP contribution in [0.2, 0.25) is 0 Å². The lowest BCUT2D eigenvalue weighted by Gasteiger charge is -2.13. The Labute approximate surface area is 115 Å². The first-order valence-corrected chi connectivity index (χ1v) is 6.66. The van der Waals surface area contributed by atoms with Crippen molar-refractivity contribution in [2.45, 2.75) is 19.4 Å². The molecule has 0 aliphatic rings. The van der Waals surface area contributed by atoms with E-state index in [2.05, 4.69) is 64.8 Å². The molecular formula is C14H15IN2. The van der Waals surface area contributed by atoms with E-state index in [4.69, 9.17) is 5.73 Å². The fourth-order valence-corrected chi connectivity index (χ4v) is 2.13. The molecule has 2 aromatic rings. The number of halogens is 1. The van der Waals surface area contributed by atoms with Gasteiger partial charge < -0.3 is 5.73 Å². The number of rotatable bonds is 3. The third kappa shape index (κ3) is 3.26. The zero-order chi connectivity index (χ0) is 12.3. The maximum atomic E-state index is 6.20. The van der Waals surface area contributed by atoms with Crippen molar-refractivity contribution in [1.29, 1.82) is 0 Å². The first-order chi connectivity index (χ1) is 8.16. The minimum atomic E-state index is 0.0144. The van der Waals surface area contributed by atoms with Gasteiger partial charge in [-0.1, -0.05) is 18.2 Å². The highest BCUT2D eigenvalue weighted by Crippen LogP contribution is 2.18. The summed E-state index contributed by atoms with van der Waals surface area (Å²) < 4.78 is 1.23. The van der Waals surface area contributed by atoms with Crippen molar-refractivity contribution < 1.29 is 0 Å². The van der Waals surface area contributed by atoms with Gasteiger partial charge in [0.05, 0.1) is 0 Å². The summed E-state index contributed by atoms with van der Waals surface area (Å²) in [4.78, 5) is 4.38. The highest BCUT2D eigenvalue weighted by atomic mass is 127. The van der Waals surface area contributed by atoms with Gasteiger partial charge in [-0.2, -0.15) is 0 Å². The van der Waals surface area contributed by atoms with E-state index in [1.807, 2.05) is 12.3 Å². The van der Waals surface area contributed by atoms with Gasteiger partial charge in [0, 0.05) is 27.9 Å². The molecule has 0 amide bonds. The van der Waals surface area contributed by atoms with Crippen molar-refractivity contribution in [1.82, 2.24) is 4.98 Å². The summed E-state index contributed by atoms with van der Waals surface area (Å²) >= 11 is 2.30. The van der Waals surface area contributed by atoms with E-state index in [-0.39, 0.29) is 6.04 Å². The molecule has 0 aliphatic carbocycles. The minimum absolute atomic E-state index is 0.0144. The first-order valence-electron chi connectivity index (χ1n) is 5.58. The smallest absolute Gasteiger partial charge is 0.0451 e. The second kappa shape index (κ2) is 5.60. The van der Waals surface area contributed by atoms with Crippen molar-refractivity contribution >= 4 is 22.6 Å². The molecule has 0 spiro atoms. The van der Waals surface area contributed by atoms with Crippen LogP contribution in [0.25, 0.3) is 0 Å². The van der Waals surface area contributed by atoms with Crippen LogP contribution < -0.4 is 5.73 Å². The van der Waals surface area contributed by atoms with Crippen molar-refractivity contribution in [2.75, 3.05) is 0 Å².